The Morgan fingerprint density at radius 1 is 1.67 bits per heavy atom. The highest BCUT2D eigenvalue weighted by atomic mass is 19.1. The highest BCUT2D eigenvalue weighted by Gasteiger charge is 2.56. The number of halogens is 2. The van der Waals surface area contributed by atoms with Crippen LogP contribution in [0.4, 0.5) is 14.6 Å². The third kappa shape index (κ3) is 2.11. The number of rotatable bonds is 3. The molecule has 3 rings (SSSR count). The zero-order valence-electron chi connectivity index (χ0n) is 11.8. The van der Waals surface area contributed by atoms with Gasteiger partial charge < -0.3 is 20.7 Å². The van der Waals surface area contributed by atoms with Crippen LogP contribution in [-0.2, 0) is 4.74 Å². The summed E-state index contributed by atoms with van der Waals surface area (Å²) in [5.74, 6) is -1.24. The number of aliphatic hydroxyl groups is 2. The van der Waals surface area contributed by atoms with Crippen LogP contribution in [-0.4, -0.2) is 49.4 Å². The van der Waals surface area contributed by atoms with Gasteiger partial charge in [0.15, 0.2) is 23.9 Å². The number of hydrogen-bond donors (Lipinski definition) is 4. The van der Waals surface area contributed by atoms with Crippen molar-refractivity contribution in [3.63, 3.8) is 0 Å². The van der Waals surface area contributed by atoms with E-state index in [2.05, 4.69) is 20.0 Å². The Labute approximate surface area is 130 Å². The largest absolute Gasteiger partial charge is 0.393 e. The minimum Gasteiger partial charge on any atom is -0.393 e. The van der Waals surface area contributed by atoms with Crippen molar-refractivity contribution >= 4 is 16.9 Å². The first-order valence-electron chi connectivity index (χ1n) is 6.57. The van der Waals surface area contributed by atoms with Crippen LogP contribution in [0, 0.1) is 5.82 Å². The van der Waals surface area contributed by atoms with Gasteiger partial charge in [-0.3, -0.25) is 9.55 Å². The number of nitrogen functional groups attached to an aromatic ring is 1. The van der Waals surface area contributed by atoms with Gasteiger partial charge in [-0.05, 0) is 5.53 Å². The van der Waals surface area contributed by atoms with Gasteiger partial charge in [-0.2, -0.15) is 4.98 Å². The fraction of sp³-hybridized carbons (Fsp3) is 0.455. The molecule has 0 bridgehead atoms. The summed E-state index contributed by atoms with van der Waals surface area (Å²) >= 11 is 0. The lowest BCUT2D eigenvalue weighted by molar-refractivity contribution is -0.122. The fourth-order valence-electron chi connectivity index (χ4n) is 2.62. The van der Waals surface area contributed by atoms with E-state index < -0.39 is 42.3 Å². The van der Waals surface area contributed by atoms with Crippen molar-refractivity contribution in [2.45, 2.75) is 24.2 Å². The van der Waals surface area contributed by atoms with Crippen molar-refractivity contribution in [3.8, 4) is 0 Å². The van der Waals surface area contributed by atoms with E-state index in [1.54, 1.807) is 0 Å². The van der Waals surface area contributed by atoms with Crippen LogP contribution in [0.25, 0.3) is 21.5 Å². The number of aromatic nitrogens is 3. The minimum atomic E-state index is -2.29. The topological polar surface area (TPSA) is 175 Å². The molecule has 0 aromatic carbocycles. The fourth-order valence-corrected chi connectivity index (χ4v) is 2.62. The van der Waals surface area contributed by atoms with Crippen molar-refractivity contribution in [2.24, 2.45) is 5.11 Å². The summed E-state index contributed by atoms with van der Waals surface area (Å²) in [4.78, 5) is 19.5. The van der Waals surface area contributed by atoms with Crippen molar-refractivity contribution in [3.05, 3.63) is 32.9 Å². The molecule has 0 radical (unpaired) electrons. The van der Waals surface area contributed by atoms with Crippen LogP contribution in [0.2, 0.25) is 0 Å². The Balaban J connectivity index is 2.18. The van der Waals surface area contributed by atoms with Crippen LogP contribution in [0.3, 0.4) is 0 Å². The summed E-state index contributed by atoms with van der Waals surface area (Å²) < 4.78 is 34.5. The Morgan fingerprint density at radius 3 is 3.00 bits per heavy atom. The molecule has 0 aliphatic carbocycles. The van der Waals surface area contributed by atoms with Crippen molar-refractivity contribution in [1.29, 1.82) is 0 Å². The quantitative estimate of drug-likeness (QED) is 0.337. The number of nitrogens with zero attached hydrogens (tertiary/aromatic N) is 5. The van der Waals surface area contributed by atoms with E-state index in [4.69, 9.17) is 16.0 Å². The predicted octanol–water partition coefficient (Wildman–Crippen LogP) is -0.327. The Bertz CT molecular complexity index is 908. The lowest BCUT2D eigenvalue weighted by Crippen LogP contribution is -2.43. The second-order valence-corrected chi connectivity index (χ2v) is 5.13. The first kappa shape index (κ1) is 16.1. The zero-order chi connectivity index (χ0) is 17.6. The number of anilines is 1. The molecule has 0 saturated carbocycles. The third-order valence-corrected chi connectivity index (χ3v) is 3.75. The first-order chi connectivity index (χ1) is 11.3. The molecule has 1 saturated heterocycles. The predicted molar refractivity (Wildman–Crippen MR) is 74.7 cm³/mol. The standard InChI is InChI=1S/C11H11F2N7O4/c12-3-1-20(8-4(3)7(14)16-10(23)17-8)9-5(13)6(22)11(2-21,24-9)18-19-15/h1,5-6,9,21-22H,2H2,(H3,14,16,17,23). The Hall–Kier alpha value is -2.73. The number of alkyl halides is 1. The average molecular weight is 343 g/mol. The minimum absolute atomic E-state index is 0.273. The molecule has 1 fully saturated rings. The number of ether oxygens (including phenoxy) is 1. The molecule has 0 amide bonds. The normalized spacial score (nSPS) is 29.8. The molecular weight excluding hydrogens is 332 g/mol. The van der Waals surface area contributed by atoms with E-state index >= 15 is 0 Å². The number of fused-ring (bicyclic) bond motifs is 1. The van der Waals surface area contributed by atoms with E-state index in [-0.39, 0.29) is 16.9 Å². The third-order valence-electron chi connectivity index (χ3n) is 3.75. The monoisotopic (exact) mass is 343 g/mol. The molecular formula is C11H11F2N7O4. The highest BCUT2D eigenvalue weighted by Crippen LogP contribution is 2.41. The molecule has 2 aromatic rings. The zero-order valence-corrected chi connectivity index (χ0v) is 11.8. The molecule has 4 unspecified atom stereocenters. The highest BCUT2D eigenvalue weighted by molar-refractivity contribution is 5.86. The first-order valence-corrected chi connectivity index (χ1v) is 6.57. The molecule has 128 valence electrons. The Morgan fingerprint density at radius 2 is 2.38 bits per heavy atom. The van der Waals surface area contributed by atoms with Gasteiger partial charge >= 0.3 is 5.69 Å². The van der Waals surface area contributed by atoms with Crippen LogP contribution in [0.15, 0.2) is 16.1 Å². The van der Waals surface area contributed by atoms with Gasteiger partial charge in [0.2, 0.25) is 5.72 Å². The molecule has 13 heteroatoms. The summed E-state index contributed by atoms with van der Waals surface area (Å²) in [7, 11) is 0. The molecule has 0 spiro atoms. The van der Waals surface area contributed by atoms with Gasteiger partial charge in [-0.25, -0.2) is 13.6 Å². The van der Waals surface area contributed by atoms with E-state index in [1.807, 2.05) is 0 Å². The molecule has 3 heterocycles. The molecule has 4 atom stereocenters. The smallest absolute Gasteiger partial charge is 0.348 e. The van der Waals surface area contributed by atoms with Gasteiger partial charge in [0.05, 0.1) is 12.0 Å². The number of H-pyrrole nitrogens is 1. The van der Waals surface area contributed by atoms with Gasteiger partial charge in [0.25, 0.3) is 0 Å². The summed E-state index contributed by atoms with van der Waals surface area (Å²) in [5.41, 5.74) is 10.5. The van der Waals surface area contributed by atoms with E-state index in [9.17, 15) is 23.8 Å². The molecule has 1 aliphatic rings. The summed E-state index contributed by atoms with van der Waals surface area (Å²) in [5, 5.41) is 22.1. The van der Waals surface area contributed by atoms with Crippen molar-refractivity contribution in [1.82, 2.24) is 14.5 Å². The van der Waals surface area contributed by atoms with Gasteiger partial charge in [-0.15, -0.1) is 0 Å². The van der Waals surface area contributed by atoms with E-state index in [0.717, 1.165) is 10.8 Å². The van der Waals surface area contributed by atoms with Gasteiger partial charge in [-0.1, -0.05) is 5.11 Å². The number of nitrogens with two attached hydrogens (primary N) is 1. The summed E-state index contributed by atoms with van der Waals surface area (Å²) in [6, 6.07) is 0. The second-order valence-electron chi connectivity index (χ2n) is 5.13. The van der Waals surface area contributed by atoms with Crippen molar-refractivity contribution in [2.75, 3.05) is 12.3 Å². The number of nitrogens with one attached hydrogen (secondary N) is 1. The second kappa shape index (κ2) is 5.42. The molecule has 11 nitrogen and oxygen atoms in total. The van der Waals surface area contributed by atoms with Crippen LogP contribution in [0.5, 0.6) is 0 Å². The number of hydrogen-bond acceptors (Lipinski definition) is 7. The summed E-state index contributed by atoms with van der Waals surface area (Å²) in [6.45, 7) is -1.02. The molecule has 1 aliphatic heterocycles. The maximum atomic E-state index is 14.5. The molecule has 24 heavy (non-hydrogen) atoms. The van der Waals surface area contributed by atoms with E-state index in [0.29, 0.717) is 0 Å². The SMILES string of the molecule is [N-]=[N+]=NC1(CO)OC(n2cc(F)c3c(N)[nH]c(=O)nc32)C(F)C1O. The van der Waals surface area contributed by atoms with Crippen LogP contribution in [0.1, 0.15) is 6.23 Å². The number of azide groups is 1. The van der Waals surface area contributed by atoms with Gasteiger partial charge in [0.1, 0.15) is 11.9 Å². The lowest BCUT2D eigenvalue weighted by atomic mass is 10.1. The van der Waals surface area contributed by atoms with E-state index in [1.165, 1.54) is 0 Å². The van der Waals surface area contributed by atoms with Gasteiger partial charge in [0, 0.05) is 11.1 Å². The molecule has 2 aromatic heterocycles. The van der Waals surface area contributed by atoms with Crippen LogP contribution < -0.4 is 11.4 Å². The lowest BCUT2D eigenvalue weighted by Gasteiger charge is -2.23. The Kier molecular flexibility index (Phi) is 3.64. The average Bonchev–Trinajstić information content (AvgIpc) is 2.98. The van der Waals surface area contributed by atoms with Crippen LogP contribution >= 0.6 is 0 Å². The summed E-state index contributed by atoms with van der Waals surface area (Å²) in [6.07, 6.45) is -5.17. The maximum absolute atomic E-state index is 14.5. The maximum Gasteiger partial charge on any atom is 0.348 e. The number of aromatic amines is 1. The molecule has 5 N–H and O–H groups in total. The van der Waals surface area contributed by atoms with Crippen molar-refractivity contribution < 1.29 is 23.7 Å². The number of aliphatic hydroxyl groups excluding tert-OH is 2.